The molecule has 2 aromatic carbocycles. The minimum atomic E-state index is 0. The molecular formula is C18H19F7N2. The average Bonchev–Trinajstić information content (AvgIpc) is 3.23. The molecule has 0 spiro atoms. The van der Waals surface area contributed by atoms with Crippen LogP contribution in [0.2, 0.25) is 0 Å². The van der Waals surface area contributed by atoms with Crippen molar-refractivity contribution >= 4 is 0 Å². The lowest BCUT2D eigenvalue weighted by atomic mass is 9.97. The molecule has 1 atom stereocenters. The Morgan fingerprint density at radius 1 is 0.815 bits per heavy atom. The Morgan fingerprint density at radius 2 is 1.22 bits per heavy atom. The molecule has 1 aliphatic rings. The summed E-state index contributed by atoms with van der Waals surface area (Å²) in [5.41, 5.74) is 2.61. The number of hydrogen-bond donors (Lipinski definition) is 0. The predicted molar refractivity (Wildman–Crippen MR) is 89.2 cm³/mol. The summed E-state index contributed by atoms with van der Waals surface area (Å²) >= 11 is 0. The van der Waals surface area contributed by atoms with Crippen molar-refractivity contribution in [1.29, 1.82) is 5.26 Å². The van der Waals surface area contributed by atoms with Crippen LogP contribution in [0.15, 0.2) is 60.7 Å². The van der Waals surface area contributed by atoms with Crippen molar-refractivity contribution in [3.63, 3.8) is 0 Å². The van der Waals surface area contributed by atoms with E-state index in [0.717, 1.165) is 19.5 Å². The summed E-state index contributed by atoms with van der Waals surface area (Å²) in [5, 5.41) is 9.13. The zero-order chi connectivity index (χ0) is 19.8. The van der Waals surface area contributed by atoms with Gasteiger partial charge in [-0.25, -0.2) is 0 Å². The van der Waals surface area contributed by atoms with E-state index in [1.54, 1.807) is 0 Å². The molecule has 150 valence electrons. The SMILES string of the molecule is F.FF.FF.FF.N#CC1CCN(C(c2ccccc2)c2ccccc2)C1. The predicted octanol–water partition coefficient (Wildman–Crippen LogP) is 6.30. The highest BCUT2D eigenvalue weighted by atomic mass is 20.0. The second-order valence-electron chi connectivity index (χ2n) is 5.33. The summed E-state index contributed by atoms with van der Waals surface area (Å²) in [5.74, 6) is 0.171. The molecular weight excluding hydrogens is 377 g/mol. The average molecular weight is 396 g/mol. The van der Waals surface area contributed by atoms with Crippen LogP contribution < -0.4 is 0 Å². The third-order valence-electron chi connectivity index (χ3n) is 4.00. The first-order valence-corrected chi connectivity index (χ1v) is 7.55. The third-order valence-corrected chi connectivity index (χ3v) is 4.00. The molecule has 2 aromatic rings. The maximum absolute atomic E-state index is 9.13. The van der Waals surface area contributed by atoms with Crippen LogP contribution in [0.4, 0.5) is 32.1 Å². The number of halogens is 7. The Hall–Kier alpha value is -2.60. The van der Waals surface area contributed by atoms with Crippen LogP contribution in [0, 0.1) is 17.2 Å². The van der Waals surface area contributed by atoms with Crippen LogP contribution in [0.3, 0.4) is 0 Å². The van der Waals surface area contributed by atoms with Crippen LogP contribution in [-0.4, -0.2) is 18.0 Å². The fraction of sp³-hybridized carbons (Fsp3) is 0.278. The number of nitrogens with zero attached hydrogens (tertiary/aromatic N) is 2. The van der Waals surface area contributed by atoms with Gasteiger partial charge in [0, 0.05) is 40.5 Å². The van der Waals surface area contributed by atoms with Crippen molar-refractivity contribution in [2.45, 2.75) is 12.5 Å². The van der Waals surface area contributed by atoms with E-state index in [1.807, 2.05) is 12.1 Å². The van der Waals surface area contributed by atoms with Crippen LogP contribution in [0.1, 0.15) is 23.6 Å². The molecule has 1 saturated heterocycles. The van der Waals surface area contributed by atoms with E-state index in [1.165, 1.54) is 11.1 Å². The van der Waals surface area contributed by atoms with E-state index in [2.05, 4.69) is 59.5 Å². The van der Waals surface area contributed by atoms with Crippen LogP contribution in [0.25, 0.3) is 0 Å². The summed E-state index contributed by atoms with van der Waals surface area (Å²) in [6.07, 6.45) is 0.979. The Kier molecular flexibility index (Phi) is 16.6. The topological polar surface area (TPSA) is 27.0 Å². The van der Waals surface area contributed by atoms with Gasteiger partial charge in [-0.3, -0.25) is 9.60 Å². The largest absolute Gasteiger partial charge is 0.291 e. The minimum absolute atomic E-state index is 0. The molecule has 0 bridgehead atoms. The van der Waals surface area contributed by atoms with Crippen LogP contribution >= 0.6 is 0 Å². The van der Waals surface area contributed by atoms with Crippen molar-refractivity contribution < 1.29 is 32.1 Å². The van der Waals surface area contributed by atoms with Gasteiger partial charge in [-0.05, 0) is 17.5 Å². The molecule has 1 aliphatic heterocycles. The first-order chi connectivity index (χ1) is 12.9. The molecule has 27 heavy (non-hydrogen) atoms. The highest BCUT2D eigenvalue weighted by molar-refractivity contribution is 5.32. The van der Waals surface area contributed by atoms with E-state index in [0.29, 0.717) is 0 Å². The van der Waals surface area contributed by atoms with E-state index in [9.17, 15) is 0 Å². The molecule has 2 nitrogen and oxygen atoms in total. The summed E-state index contributed by atoms with van der Waals surface area (Å²) in [7, 11) is 0. The van der Waals surface area contributed by atoms with Gasteiger partial charge in [0.05, 0.1) is 18.0 Å². The highest BCUT2D eigenvalue weighted by Crippen LogP contribution is 2.32. The van der Waals surface area contributed by atoms with Gasteiger partial charge < -0.3 is 0 Å². The van der Waals surface area contributed by atoms with Gasteiger partial charge in [-0.15, -0.1) is 0 Å². The number of nitriles is 1. The second kappa shape index (κ2) is 16.8. The minimum Gasteiger partial charge on any atom is -0.291 e. The highest BCUT2D eigenvalue weighted by Gasteiger charge is 2.29. The van der Waals surface area contributed by atoms with Crippen LogP contribution in [0.5, 0.6) is 0 Å². The van der Waals surface area contributed by atoms with Crippen molar-refractivity contribution in [3.8, 4) is 6.07 Å². The number of likely N-dealkylation sites (tertiary alicyclic amines) is 1. The Labute approximate surface area is 152 Å². The zero-order valence-corrected chi connectivity index (χ0v) is 14.1. The van der Waals surface area contributed by atoms with Gasteiger partial charge in [0.1, 0.15) is 0 Å². The fourth-order valence-electron chi connectivity index (χ4n) is 3.01. The van der Waals surface area contributed by atoms with Gasteiger partial charge in [0.2, 0.25) is 0 Å². The quantitative estimate of drug-likeness (QED) is 0.570. The maximum atomic E-state index is 9.13. The van der Waals surface area contributed by atoms with Gasteiger partial charge in [0.15, 0.2) is 0 Å². The number of benzene rings is 2. The Balaban J connectivity index is 0. The van der Waals surface area contributed by atoms with E-state index >= 15 is 0 Å². The zero-order valence-electron chi connectivity index (χ0n) is 14.1. The number of hydrogen-bond acceptors (Lipinski definition) is 2. The molecule has 0 radical (unpaired) electrons. The lowest BCUT2D eigenvalue weighted by Crippen LogP contribution is -2.27. The summed E-state index contributed by atoms with van der Waals surface area (Å²) in [6.45, 7) is 1.86. The molecule has 1 fully saturated rings. The molecule has 9 heteroatoms. The molecule has 3 rings (SSSR count). The molecule has 0 aromatic heterocycles. The normalized spacial score (nSPS) is 14.8. The lowest BCUT2D eigenvalue weighted by molar-refractivity contribution is 0.108. The standard InChI is InChI=1S/C18H18N2.3F2.FH/c19-13-15-11-12-20(14-15)18(16-7-3-1-4-8-16)17-9-5-2-6-10-17;3*1-2;/h1-10,15,18H,11-12,14H2;;;;1H. The van der Waals surface area contributed by atoms with Gasteiger partial charge in [-0.1, -0.05) is 60.7 Å². The Bertz CT molecular complexity index is 569. The summed E-state index contributed by atoms with van der Waals surface area (Å²) < 4.78 is 48.0. The fourth-order valence-corrected chi connectivity index (χ4v) is 3.01. The van der Waals surface area contributed by atoms with E-state index in [4.69, 9.17) is 32.7 Å². The molecule has 0 N–H and O–H groups in total. The van der Waals surface area contributed by atoms with E-state index < -0.39 is 0 Å². The number of rotatable bonds is 3. The Morgan fingerprint density at radius 3 is 1.56 bits per heavy atom. The first-order valence-electron chi connectivity index (χ1n) is 7.55. The molecule has 1 unspecified atom stereocenters. The van der Waals surface area contributed by atoms with Gasteiger partial charge in [-0.2, -0.15) is 5.26 Å². The lowest BCUT2D eigenvalue weighted by Gasteiger charge is -2.28. The van der Waals surface area contributed by atoms with Crippen molar-refractivity contribution in [2.75, 3.05) is 13.1 Å². The molecule has 1 heterocycles. The summed E-state index contributed by atoms with van der Waals surface area (Å²) in [6, 6.07) is 23.8. The third kappa shape index (κ3) is 8.09. The van der Waals surface area contributed by atoms with Crippen molar-refractivity contribution in [1.82, 2.24) is 4.90 Å². The monoisotopic (exact) mass is 396 g/mol. The second-order valence-corrected chi connectivity index (χ2v) is 5.33. The van der Waals surface area contributed by atoms with Crippen molar-refractivity contribution in [3.05, 3.63) is 71.8 Å². The van der Waals surface area contributed by atoms with Crippen LogP contribution in [-0.2, 0) is 0 Å². The maximum Gasteiger partial charge on any atom is 0.0669 e. The smallest absolute Gasteiger partial charge is 0.0669 e. The van der Waals surface area contributed by atoms with Gasteiger partial charge >= 0.3 is 0 Å². The van der Waals surface area contributed by atoms with Gasteiger partial charge in [0.25, 0.3) is 0 Å². The summed E-state index contributed by atoms with van der Waals surface area (Å²) in [4.78, 5) is 2.43. The first kappa shape index (κ1) is 26.6. The molecule has 0 amide bonds. The molecule has 0 aliphatic carbocycles. The molecule has 0 saturated carbocycles. The van der Waals surface area contributed by atoms with Crippen molar-refractivity contribution in [2.24, 2.45) is 5.92 Å². The van der Waals surface area contributed by atoms with E-state index in [-0.39, 0.29) is 16.7 Å².